The van der Waals surface area contributed by atoms with Crippen LogP contribution in [0.1, 0.15) is 43.3 Å². The van der Waals surface area contributed by atoms with E-state index in [2.05, 4.69) is 5.32 Å². The van der Waals surface area contributed by atoms with E-state index in [9.17, 15) is 23.1 Å². The van der Waals surface area contributed by atoms with E-state index >= 15 is 0 Å². The van der Waals surface area contributed by atoms with Gasteiger partial charge < -0.3 is 15.2 Å². The lowest BCUT2D eigenvalue weighted by molar-refractivity contribution is 0.0698. The van der Waals surface area contributed by atoms with Crippen molar-refractivity contribution in [1.82, 2.24) is 4.31 Å². The van der Waals surface area contributed by atoms with Crippen molar-refractivity contribution in [2.75, 3.05) is 25.6 Å². The Hall–Kier alpha value is -2.78. The van der Waals surface area contributed by atoms with Gasteiger partial charge in [0.05, 0.1) is 39.3 Å². The fourth-order valence-corrected chi connectivity index (χ4v) is 6.66. The van der Waals surface area contributed by atoms with Gasteiger partial charge in [0.15, 0.2) is 0 Å². The summed E-state index contributed by atoms with van der Waals surface area (Å²) < 4.78 is 32.9. The molecule has 1 unspecified atom stereocenters. The smallest absolute Gasteiger partial charge is 0.337 e. The monoisotopic (exact) mass is 463 g/mol. The second-order valence-electron chi connectivity index (χ2n) is 7.03. The van der Waals surface area contributed by atoms with Crippen molar-refractivity contribution in [2.45, 2.75) is 30.7 Å². The van der Waals surface area contributed by atoms with Gasteiger partial charge in [0.25, 0.3) is 5.91 Å². The van der Waals surface area contributed by atoms with E-state index in [-0.39, 0.29) is 32.6 Å². The number of nitriles is 1. The number of benzene rings is 1. The Labute approximate surface area is 183 Å². The molecule has 0 spiro atoms. The Balaban J connectivity index is 1.88. The fraction of sp³-hybridized carbons (Fsp3) is 0.350. The van der Waals surface area contributed by atoms with Crippen LogP contribution in [0.2, 0.25) is 0 Å². The van der Waals surface area contributed by atoms with Crippen molar-refractivity contribution < 1.29 is 27.9 Å². The van der Waals surface area contributed by atoms with Crippen LogP contribution in [-0.2, 0) is 14.8 Å². The number of nitrogens with one attached hydrogen (secondary N) is 1. The normalized spacial score (nSPS) is 16.7. The second-order valence-corrected chi connectivity index (χ2v) is 10.1. The van der Waals surface area contributed by atoms with Crippen LogP contribution >= 0.6 is 11.3 Å². The first kappa shape index (κ1) is 22.9. The van der Waals surface area contributed by atoms with Gasteiger partial charge in [0.2, 0.25) is 10.0 Å². The lowest BCUT2D eigenvalue weighted by atomic mass is 10.1. The minimum Gasteiger partial charge on any atom is -0.478 e. The molecule has 1 atom stereocenters. The van der Waals surface area contributed by atoms with Gasteiger partial charge in [0.1, 0.15) is 0 Å². The minimum atomic E-state index is -3.80. The number of carbonyl (C=O) groups excluding carboxylic acids is 1. The summed E-state index contributed by atoms with van der Waals surface area (Å²) in [6.45, 7) is 2.31. The van der Waals surface area contributed by atoms with Crippen molar-refractivity contribution in [1.29, 1.82) is 5.26 Å². The molecule has 1 aliphatic rings. The van der Waals surface area contributed by atoms with Gasteiger partial charge >= 0.3 is 5.97 Å². The molecule has 164 valence electrons. The van der Waals surface area contributed by atoms with E-state index in [1.807, 2.05) is 6.07 Å². The summed E-state index contributed by atoms with van der Waals surface area (Å²) >= 11 is 1.01. The van der Waals surface area contributed by atoms with E-state index < -0.39 is 21.9 Å². The van der Waals surface area contributed by atoms with Crippen LogP contribution in [-0.4, -0.2) is 56.0 Å². The SMILES string of the molecule is COCC1CCCN1S(=O)(=O)c1cc(C(=O)Nc2ccc(C#N)cc2C(=O)O)sc1C. The number of carbonyl (C=O) groups is 2. The highest BCUT2D eigenvalue weighted by atomic mass is 32.2. The van der Waals surface area contributed by atoms with Gasteiger partial charge in [0, 0.05) is 24.6 Å². The van der Waals surface area contributed by atoms with Gasteiger partial charge in [-0.3, -0.25) is 4.79 Å². The van der Waals surface area contributed by atoms with E-state index in [1.54, 1.807) is 6.92 Å². The highest BCUT2D eigenvalue weighted by Crippen LogP contribution is 2.33. The molecule has 1 fully saturated rings. The number of sulfonamides is 1. The topological polar surface area (TPSA) is 137 Å². The first-order valence-corrected chi connectivity index (χ1v) is 11.6. The third-order valence-corrected chi connectivity index (χ3v) is 8.25. The number of methoxy groups -OCH3 is 1. The molecule has 2 aromatic rings. The predicted octanol–water partition coefficient (Wildman–Crippen LogP) is 2.68. The van der Waals surface area contributed by atoms with Gasteiger partial charge in [-0.15, -0.1) is 11.3 Å². The first-order valence-electron chi connectivity index (χ1n) is 9.39. The molecule has 11 heteroatoms. The number of carboxylic acid groups (broad SMARTS) is 1. The summed E-state index contributed by atoms with van der Waals surface area (Å²) in [4.78, 5) is 24.9. The fourth-order valence-electron chi connectivity index (χ4n) is 3.53. The number of ether oxygens (including phenoxy) is 1. The number of aromatic carboxylic acids is 1. The maximum atomic E-state index is 13.2. The number of rotatable bonds is 7. The van der Waals surface area contributed by atoms with Gasteiger partial charge in [-0.05, 0) is 44.0 Å². The van der Waals surface area contributed by atoms with E-state index in [0.29, 0.717) is 24.4 Å². The summed E-state index contributed by atoms with van der Waals surface area (Å²) in [5.74, 6) is -1.92. The highest BCUT2D eigenvalue weighted by molar-refractivity contribution is 7.89. The molecule has 0 aliphatic carbocycles. The van der Waals surface area contributed by atoms with Gasteiger partial charge in [-0.25, -0.2) is 13.2 Å². The van der Waals surface area contributed by atoms with Crippen LogP contribution < -0.4 is 5.32 Å². The third kappa shape index (κ3) is 4.62. The van der Waals surface area contributed by atoms with E-state index in [4.69, 9.17) is 10.00 Å². The third-order valence-electron chi connectivity index (χ3n) is 4.99. The van der Waals surface area contributed by atoms with Crippen LogP contribution in [0.25, 0.3) is 0 Å². The molecule has 1 aliphatic heterocycles. The van der Waals surface area contributed by atoms with Crippen LogP contribution in [0.4, 0.5) is 5.69 Å². The zero-order valence-corrected chi connectivity index (χ0v) is 18.5. The quantitative estimate of drug-likeness (QED) is 0.644. The van der Waals surface area contributed by atoms with Crippen LogP contribution in [0.3, 0.4) is 0 Å². The first-order chi connectivity index (χ1) is 14.7. The largest absolute Gasteiger partial charge is 0.478 e. The highest BCUT2D eigenvalue weighted by Gasteiger charge is 2.37. The molecule has 1 saturated heterocycles. The average Bonchev–Trinajstić information content (AvgIpc) is 3.35. The minimum absolute atomic E-state index is 0.0201. The number of hydrogen-bond acceptors (Lipinski definition) is 7. The molecule has 1 amide bonds. The van der Waals surface area contributed by atoms with E-state index in [0.717, 1.165) is 23.8 Å². The lowest BCUT2D eigenvalue weighted by Gasteiger charge is -2.23. The lowest BCUT2D eigenvalue weighted by Crippen LogP contribution is -2.38. The maximum absolute atomic E-state index is 13.2. The number of amides is 1. The molecule has 3 rings (SSSR count). The average molecular weight is 464 g/mol. The summed E-state index contributed by atoms with van der Waals surface area (Å²) in [7, 11) is -2.28. The second kappa shape index (κ2) is 9.15. The standard InChI is InChI=1S/C20H21N3O6S2/c1-12-18(31(27,28)23-7-3-4-14(23)11-29-2)9-17(30-12)19(24)22-16-6-5-13(10-21)8-15(16)20(25)26/h5-6,8-9,14H,3-4,7,11H2,1-2H3,(H,22,24)(H,25,26). The van der Waals surface area contributed by atoms with Crippen LogP contribution in [0, 0.1) is 18.3 Å². The number of thiophene rings is 1. The number of aryl methyl sites for hydroxylation is 1. The van der Waals surface area contributed by atoms with Crippen molar-refractivity contribution in [3.63, 3.8) is 0 Å². The summed E-state index contributed by atoms with van der Waals surface area (Å²) in [5.41, 5.74) is -0.0633. The van der Waals surface area contributed by atoms with E-state index in [1.165, 1.54) is 29.6 Å². The Morgan fingerprint density at radius 3 is 2.77 bits per heavy atom. The molecule has 1 aromatic carbocycles. The number of nitrogens with zero attached hydrogens (tertiary/aromatic N) is 2. The Bertz CT molecular complexity index is 1170. The van der Waals surface area contributed by atoms with Crippen molar-refractivity contribution in [3.05, 3.63) is 45.1 Å². The molecule has 0 saturated carbocycles. The summed E-state index contributed by atoms with van der Waals surface area (Å²) in [6.07, 6.45) is 1.45. The zero-order chi connectivity index (χ0) is 22.8. The summed E-state index contributed by atoms with van der Waals surface area (Å²) in [6, 6.07) is 6.80. The molecule has 31 heavy (non-hydrogen) atoms. The molecular weight excluding hydrogens is 442 g/mol. The predicted molar refractivity (Wildman–Crippen MR) is 114 cm³/mol. The summed E-state index contributed by atoms with van der Waals surface area (Å²) in [5, 5.41) is 20.8. The number of hydrogen-bond donors (Lipinski definition) is 2. The molecule has 1 aromatic heterocycles. The number of anilines is 1. The van der Waals surface area contributed by atoms with Crippen molar-refractivity contribution in [2.24, 2.45) is 0 Å². The molecular formula is C20H21N3O6S2. The zero-order valence-electron chi connectivity index (χ0n) is 16.9. The Morgan fingerprint density at radius 2 is 2.13 bits per heavy atom. The molecule has 0 radical (unpaired) electrons. The molecule has 0 bridgehead atoms. The van der Waals surface area contributed by atoms with Crippen molar-refractivity contribution in [3.8, 4) is 6.07 Å². The number of carboxylic acids is 1. The maximum Gasteiger partial charge on any atom is 0.337 e. The molecule has 2 heterocycles. The Kier molecular flexibility index (Phi) is 6.76. The van der Waals surface area contributed by atoms with Crippen molar-refractivity contribution >= 4 is 38.9 Å². The van der Waals surface area contributed by atoms with Gasteiger partial charge in [-0.1, -0.05) is 0 Å². The van der Waals surface area contributed by atoms with Crippen LogP contribution in [0.5, 0.6) is 0 Å². The van der Waals surface area contributed by atoms with Gasteiger partial charge in [-0.2, -0.15) is 9.57 Å². The van der Waals surface area contributed by atoms with Crippen LogP contribution in [0.15, 0.2) is 29.2 Å². The molecule has 2 N–H and O–H groups in total. The molecule has 9 nitrogen and oxygen atoms in total. The Morgan fingerprint density at radius 1 is 1.39 bits per heavy atom.